The molecule has 7 nitrogen and oxygen atoms in total. The molecule has 0 fully saturated rings. The maximum Gasteiger partial charge on any atom is 0.233 e. The van der Waals surface area contributed by atoms with Gasteiger partial charge in [0.2, 0.25) is 17.8 Å². The molecule has 7 heteroatoms. The van der Waals surface area contributed by atoms with Crippen LogP contribution in [-0.2, 0) is 0 Å². The molecule has 0 aliphatic carbocycles. The molecule has 1 heterocycles. The lowest BCUT2D eigenvalue weighted by Crippen LogP contribution is -2.15. The number of rotatable bonds is 4. The molecular weight excluding hydrogens is 254 g/mol. The van der Waals surface area contributed by atoms with Gasteiger partial charge in [0.1, 0.15) is 0 Å². The fourth-order valence-electron chi connectivity index (χ4n) is 1.61. The van der Waals surface area contributed by atoms with Crippen LogP contribution in [0.5, 0.6) is 0 Å². The lowest BCUT2D eigenvalue weighted by atomic mass is 10.2. The Hall–Kier alpha value is -2.57. The Morgan fingerprint density at radius 3 is 2.10 bits per heavy atom. The third-order valence-corrected chi connectivity index (χ3v) is 2.68. The zero-order valence-corrected chi connectivity index (χ0v) is 12.1. The van der Waals surface area contributed by atoms with E-state index >= 15 is 0 Å². The SMILES string of the molecule is CN(C)c1ccc(Nc2nc(N)nc(N(C)C)n2)cc1. The number of nitrogens with zero attached hydrogens (tertiary/aromatic N) is 5. The largest absolute Gasteiger partial charge is 0.378 e. The van der Waals surface area contributed by atoms with Gasteiger partial charge in [0.15, 0.2) is 0 Å². The molecule has 106 valence electrons. The van der Waals surface area contributed by atoms with E-state index in [2.05, 4.69) is 20.3 Å². The highest BCUT2D eigenvalue weighted by molar-refractivity contribution is 5.59. The molecule has 0 amide bonds. The maximum atomic E-state index is 5.68. The van der Waals surface area contributed by atoms with Crippen LogP contribution in [0.15, 0.2) is 24.3 Å². The van der Waals surface area contributed by atoms with Gasteiger partial charge in [0.05, 0.1) is 0 Å². The van der Waals surface area contributed by atoms with Crippen LogP contribution in [0, 0.1) is 0 Å². The van der Waals surface area contributed by atoms with Crippen molar-refractivity contribution >= 4 is 29.2 Å². The number of hydrogen-bond donors (Lipinski definition) is 2. The Morgan fingerprint density at radius 1 is 0.900 bits per heavy atom. The maximum absolute atomic E-state index is 5.68. The minimum atomic E-state index is 0.191. The average molecular weight is 273 g/mol. The third-order valence-electron chi connectivity index (χ3n) is 2.68. The Labute approximate surface area is 118 Å². The van der Waals surface area contributed by atoms with Gasteiger partial charge >= 0.3 is 0 Å². The van der Waals surface area contributed by atoms with Crippen molar-refractivity contribution in [1.82, 2.24) is 15.0 Å². The predicted octanol–water partition coefficient (Wildman–Crippen LogP) is 1.33. The van der Waals surface area contributed by atoms with E-state index in [1.807, 2.05) is 57.4 Å². The molecule has 2 aromatic rings. The summed E-state index contributed by atoms with van der Waals surface area (Å²) in [6, 6.07) is 7.95. The first-order valence-corrected chi connectivity index (χ1v) is 6.19. The van der Waals surface area contributed by atoms with Crippen LogP contribution in [0.3, 0.4) is 0 Å². The van der Waals surface area contributed by atoms with Gasteiger partial charge in [0.25, 0.3) is 0 Å². The van der Waals surface area contributed by atoms with E-state index in [4.69, 9.17) is 5.73 Å². The van der Waals surface area contributed by atoms with Gasteiger partial charge in [-0.1, -0.05) is 0 Å². The van der Waals surface area contributed by atoms with Gasteiger partial charge < -0.3 is 20.9 Å². The van der Waals surface area contributed by atoms with Crippen molar-refractivity contribution in [2.45, 2.75) is 0 Å². The summed E-state index contributed by atoms with van der Waals surface area (Å²) in [6.45, 7) is 0. The second-order valence-electron chi connectivity index (χ2n) is 4.78. The quantitative estimate of drug-likeness (QED) is 0.869. The Balaban J connectivity index is 2.21. The monoisotopic (exact) mass is 273 g/mol. The molecule has 0 bridgehead atoms. The van der Waals surface area contributed by atoms with Crippen LogP contribution in [0.2, 0.25) is 0 Å². The van der Waals surface area contributed by atoms with Crippen molar-refractivity contribution in [2.24, 2.45) is 0 Å². The fourth-order valence-corrected chi connectivity index (χ4v) is 1.61. The summed E-state index contributed by atoms with van der Waals surface area (Å²) in [5.41, 5.74) is 7.70. The third kappa shape index (κ3) is 3.25. The highest BCUT2D eigenvalue weighted by Gasteiger charge is 2.06. The van der Waals surface area contributed by atoms with Crippen molar-refractivity contribution in [1.29, 1.82) is 0 Å². The molecule has 3 N–H and O–H groups in total. The molecule has 0 atom stereocenters. The molecule has 1 aromatic carbocycles. The van der Waals surface area contributed by atoms with Gasteiger partial charge in [-0.05, 0) is 24.3 Å². The number of nitrogens with one attached hydrogen (secondary N) is 1. The summed E-state index contributed by atoms with van der Waals surface area (Å²) in [6.07, 6.45) is 0. The number of benzene rings is 1. The second-order valence-corrected chi connectivity index (χ2v) is 4.78. The molecule has 0 aliphatic rings. The van der Waals surface area contributed by atoms with Crippen LogP contribution in [0.25, 0.3) is 0 Å². The Kier molecular flexibility index (Phi) is 3.88. The lowest BCUT2D eigenvalue weighted by molar-refractivity contribution is 0.969. The molecule has 0 spiro atoms. The second kappa shape index (κ2) is 5.60. The van der Waals surface area contributed by atoms with E-state index in [0.717, 1.165) is 11.4 Å². The normalized spacial score (nSPS) is 10.2. The minimum absolute atomic E-state index is 0.191. The lowest BCUT2D eigenvalue weighted by Gasteiger charge is -2.14. The van der Waals surface area contributed by atoms with Crippen molar-refractivity contribution < 1.29 is 0 Å². The predicted molar refractivity (Wildman–Crippen MR) is 82.6 cm³/mol. The number of nitrogens with two attached hydrogens (primary N) is 1. The molecule has 1 aromatic heterocycles. The summed E-state index contributed by atoms with van der Waals surface area (Å²) < 4.78 is 0. The molecular formula is C13H19N7. The van der Waals surface area contributed by atoms with Crippen LogP contribution in [-0.4, -0.2) is 43.1 Å². The molecule has 0 saturated heterocycles. The highest BCUT2D eigenvalue weighted by Crippen LogP contribution is 2.19. The van der Waals surface area contributed by atoms with Crippen LogP contribution < -0.4 is 20.9 Å². The Morgan fingerprint density at radius 2 is 1.55 bits per heavy atom. The average Bonchev–Trinajstić information content (AvgIpc) is 2.38. The van der Waals surface area contributed by atoms with E-state index in [0.29, 0.717) is 11.9 Å². The zero-order valence-electron chi connectivity index (χ0n) is 12.1. The van der Waals surface area contributed by atoms with Gasteiger partial charge in [0, 0.05) is 39.6 Å². The van der Waals surface area contributed by atoms with Gasteiger partial charge in [-0.25, -0.2) is 0 Å². The molecule has 2 rings (SSSR count). The van der Waals surface area contributed by atoms with Crippen LogP contribution in [0.1, 0.15) is 0 Å². The van der Waals surface area contributed by atoms with Crippen molar-refractivity contribution in [2.75, 3.05) is 49.0 Å². The zero-order chi connectivity index (χ0) is 14.7. The summed E-state index contributed by atoms with van der Waals surface area (Å²) >= 11 is 0. The molecule has 0 saturated carbocycles. The molecule has 0 aliphatic heterocycles. The number of nitrogen functional groups attached to an aromatic ring is 1. The first-order valence-electron chi connectivity index (χ1n) is 6.19. The standard InChI is InChI=1S/C13H19N7/c1-19(2)10-7-5-9(6-8-10)15-12-16-11(14)17-13(18-12)20(3)4/h5-8H,1-4H3,(H3,14,15,16,17,18). The summed E-state index contributed by atoms with van der Waals surface area (Å²) in [4.78, 5) is 16.2. The van der Waals surface area contributed by atoms with Crippen molar-refractivity contribution in [3.8, 4) is 0 Å². The first-order chi connectivity index (χ1) is 9.45. The van der Waals surface area contributed by atoms with E-state index in [1.54, 1.807) is 4.90 Å². The summed E-state index contributed by atoms with van der Waals surface area (Å²) in [5.74, 6) is 1.14. The van der Waals surface area contributed by atoms with E-state index in [-0.39, 0.29) is 5.95 Å². The highest BCUT2D eigenvalue weighted by atomic mass is 15.3. The molecule has 0 radical (unpaired) electrons. The van der Waals surface area contributed by atoms with E-state index in [9.17, 15) is 0 Å². The van der Waals surface area contributed by atoms with E-state index in [1.165, 1.54) is 0 Å². The minimum Gasteiger partial charge on any atom is -0.378 e. The molecule has 20 heavy (non-hydrogen) atoms. The van der Waals surface area contributed by atoms with Crippen LogP contribution >= 0.6 is 0 Å². The summed E-state index contributed by atoms with van der Waals surface area (Å²) in [5, 5.41) is 3.12. The van der Waals surface area contributed by atoms with Gasteiger partial charge in [-0.15, -0.1) is 0 Å². The molecule has 0 unspecified atom stereocenters. The van der Waals surface area contributed by atoms with Crippen LogP contribution in [0.4, 0.5) is 29.2 Å². The number of hydrogen-bond acceptors (Lipinski definition) is 7. The summed E-state index contributed by atoms with van der Waals surface area (Å²) in [7, 11) is 7.70. The number of anilines is 5. The first kappa shape index (κ1) is 13.9. The Bertz CT molecular complexity index is 578. The number of aromatic nitrogens is 3. The smallest absolute Gasteiger partial charge is 0.233 e. The van der Waals surface area contributed by atoms with E-state index < -0.39 is 0 Å². The van der Waals surface area contributed by atoms with Crippen molar-refractivity contribution in [3.05, 3.63) is 24.3 Å². The fraction of sp³-hybridized carbons (Fsp3) is 0.308. The van der Waals surface area contributed by atoms with Gasteiger partial charge in [-0.3, -0.25) is 0 Å². The van der Waals surface area contributed by atoms with Crippen molar-refractivity contribution in [3.63, 3.8) is 0 Å². The topological polar surface area (TPSA) is 83.2 Å². The van der Waals surface area contributed by atoms with Gasteiger partial charge in [-0.2, -0.15) is 15.0 Å².